The van der Waals surface area contributed by atoms with Crippen molar-refractivity contribution in [3.8, 4) is 0 Å². The van der Waals surface area contributed by atoms with Crippen LogP contribution in [0.25, 0.3) is 0 Å². The Bertz CT molecular complexity index is 382. The van der Waals surface area contributed by atoms with Crippen molar-refractivity contribution >= 4 is 0 Å². The average molecular weight is 282 g/mol. The van der Waals surface area contributed by atoms with E-state index < -0.39 is 12.3 Å². The van der Waals surface area contributed by atoms with Crippen molar-refractivity contribution in [1.82, 2.24) is 0 Å². The van der Waals surface area contributed by atoms with Crippen LogP contribution in [0.15, 0.2) is 30.3 Å². The van der Waals surface area contributed by atoms with Crippen molar-refractivity contribution in [1.29, 1.82) is 0 Å². The van der Waals surface area contributed by atoms with Gasteiger partial charge < -0.3 is 5.11 Å². The van der Waals surface area contributed by atoms with E-state index in [2.05, 4.69) is 0 Å². The number of aliphatic hydroxyl groups excluding tert-OH is 1. The van der Waals surface area contributed by atoms with E-state index in [1.807, 2.05) is 30.3 Å². The highest BCUT2D eigenvalue weighted by Gasteiger charge is 2.40. The van der Waals surface area contributed by atoms with Crippen LogP contribution in [-0.2, 0) is 0 Å². The normalized spacial score (nSPS) is 30.4. The Hall–Kier alpha value is -0.960. The fraction of sp³-hybridized carbons (Fsp3) is 0.647. The summed E-state index contributed by atoms with van der Waals surface area (Å²) in [6.45, 7) is 0.186. The molecule has 1 fully saturated rings. The predicted molar refractivity (Wildman–Crippen MR) is 77.3 cm³/mol. The van der Waals surface area contributed by atoms with Gasteiger partial charge in [-0.25, -0.2) is 8.78 Å². The van der Waals surface area contributed by atoms with E-state index in [4.69, 9.17) is 5.11 Å². The van der Waals surface area contributed by atoms with Crippen LogP contribution in [0.3, 0.4) is 0 Å². The van der Waals surface area contributed by atoms with Gasteiger partial charge in [0.15, 0.2) is 0 Å². The third kappa shape index (κ3) is 3.78. The minimum absolute atomic E-state index is 0.149. The summed E-state index contributed by atoms with van der Waals surface area (Å²) in [5.74, 6) is -0.441. The second-order valence-corrected chi connectivity index (χ2v) is 5.82. The van der Waals surface area contributed by atoms with E-state index in [0.29, 0.717) is 0 Å². The first kappa shape index (κ1) is 15.4. The molecule has 1 aliphatic rings. The zero-order valence-electron chi connectivity index (χ0n) is 11.8. The molecule has 4 atom stereocenters. The van der Waals surface area contributed by atoms with E-state index in [1.54, 1.807) is 0 Å². The van der Waals surface area contributed by atoms with Gasteiger partial charge in [-0.2, -0.15) is 0 Å². The lowest BCUT2D eigenvalue weighted by Crippen LogP contribution is -2.36. The Morgan fingerprint density at radius 3 is 2.40 bits per heavy atom. The van der Waals surface area contributed by atoms with Gasteiger partial charge in [0.05, 0.1) is 0 Å². The molecule has 1 saturated carbocycles. The molecule has 1 N–H and O–H groups in total. The molecule has 1 aromatic carbocycles. The summed E-state index contributed by atoms with van der Waals surface area (Å²) in [5.41, 5.74) is 0.918. The lowest BCUT2D eigenvalue weighted by Gasteiger charge is -2.35. The van der Waals surface area contributed by atoms with Crippen LogP contribution < -0.4 is 0 Å². The molecule has 0 amide bonds. The number of hydrogen-bond acceptors (Lipinski definition) is 1. The minimum atomic E-state index is -1.38. The monoisotopic (exact) mass is 282 g/mol. The van der Waals surface area contributed by atoms with Crippen molar-refractivity contribution in [3.63, 3.8) is 0 Å². The number of hydrogen-bond donors (Lipinski definition) is 1. The molecule has 112 valence electrons. The second kappa shape index (κ2) is 7.72. The van der Waals surface area contributed by atoms with Crippen LogP contribution in [0.1, 0.15) is 50.0 Å². The summed E-state index contributed by atoms with van der Waals surface area (Å²) in [4.78, 5) is 0. The standard InChI is InChI=1S/C17H24F2O/c18-16-14(9-5-2-6-12-20)10-11-15(17(16)19)13-7-3-1-4-8-13/h1,3-4,7-8,14-17,20H,2,5-6,9-12H2. The Balaban J connectivity index is 1.88. The molecular formula is C17H24F2O. The quantitative estimate of drug-likeness (QED) is 0.766. The summed E-state index contributed by atoms with van der Waals surface area (Å²) in [7, 11) is 0. The molecule has 0 aliphatic heterocycles. The highest BCUT2D eigenvalue weighted by molar-refractivity contribution is 5.22. The fourth-order valence-corrected chi connectivity index (χ4v) is 3.24. The Kier molecular flexibility index (Phi) is 5.96. The largest absolute Gasteiger partial charge is 0.396 e. The third-order valence-corrected chi connectivity index (χ3v) is 4.45. The molecule has 1 aromatic rings. The Morgan fingerprint density at radius 1 is 0.950 bits per heavy atom. The van der Waals surface area contributed by atoms with Gasteiger partial charge >= 0.3 is 0 Å². The molecule has 0 saturated heterocycles. The summed E-state index contributed by atoms with van der Waals surface area (Å²) in [6, 6.07) is 9.46. The van der Waals surface area contributed by atoms with Gasteiger partial charge in [-0.1, -0.05) is 43.2 Å². The molecule has 20 heavy (non-hydrogen) atoms. The van der Waals surface area contributed by atoms with E-state index in [1.165, 1.54) is 0 Å². The van der Waals surface area contributed by atoms with Gasteiger partial charge in [0.2, 0.25) is 0 Å². The summed E-state index contributed by atoms with van der Waals surface area (Å²) < 4.78 is 28.6. The van der Waals surface area contributed by atoms with Gasteiger partial charge in [0.25, 0.3) is 0 Å². The Labute approximate surface area is 120 Å². The molecule has 1 nitrogen and oxygen atoms in total. The first-order valence-corrected chi connectivity index (χ1v) is 7.68. The van der Waals surface area contributed by atoms with Crippen LogP contribution in [0, 0.1) is 5.92 Å². The molecule has 0 aromatic heterocycles. The average Bonchev–Trinajstić information content (AvgIpc) is 2.49. The maximum absolute atomic E-state index is 14.3. The molecule has 0 radical (unpaired) electrons. The third-order valence-electron chi connectivity index (χ3n) is 4.45. The second-order valence-electron chi connectivity index (χ2n) is 5.82. The van der Waals surface area contributed by atoms with Crippen LogP contribution in [0.5, 0.6) is 0 Å². The first-order valence-electron chi connectivity index (χ1n) is 7.68. The predicted octanol–water partition coefficient (Wildman–Crippen LogP) is 4.41. The maximum atomic E-state index is 14.3. The lowest BCUT2D eigenvalue weighted by molar-refractivity contribution is 0.0445. The van der Waals surface area contributed by atoms with Crippen molar-refractivity contribution in [2.75, 3.05) is 6.61 Å². The molecular weight excluding hydrogens is 258 g/mol. The molecule has 0 spiro atoms. The lowest BCUT2D eigenvalue weighted by atomic mass is 9.74. The SMILES string of the molecule is OCCCCCC1CCC(c2ccccc2)C(F)C1F. The van der Waals surface area contributed by atoms with Crippen molar-refractivity contribution in [2.45, 2.75) is 56.8 Å². The highest BCUT2D eigenvalue weighted by Crippen LogP contribution is 2.41. The molecule has 4 unspecified atom stereocenters. The van der Waals surface area contributed by atoms with Crippen LogP contribution in [0.2, 0.25) is 0 Å². The van der Waals surface area contributed by atoms with Crippen molar-refractivity contribution in [3.05, 3.63) is 35.9 Å². The van der Waals surface area contributed by atoms with Gasteiger partial charge in [-0.3, -0.25) is 0 Å². The molecule has 0 heterocycles. The topological polar surface area (TPSA) is 20.2 Å². The Morgan fingerprint density at radius 2 is 1.70 bits per heavy atom. The maximum Gasteiger partial charge on any atom is 0.138 e. The van der Waals surface area contributed by atoms with Crippen molar-refractivity contribution < 1.29 is 13.9 Å². The summed E-state index contributed by atoms with van der Waals surface area (Å²) >= 11 is 0. The van der Waals surface area contributed by atoms with Crippen LogP contribution >= 0.6 is 0 Å². The van der Waals surface area contributed by atoms with Gasteiger partial charge in [0.1, 0.15) is 12.3 Å². The van der Waals surface area contributed by atoms with Gasteiger partial charge in [-0.15, -0.1) is 0 Å². The molecule has 0 bridgehead atoms. The molecule has 1 aliphatic carbocycles. The van der Waals surface area contributed by atoms with E-state index >= 15 is 0 Å². The van der Waals surface area contributed by atoms with E-state index in [9.17, 15) is 8.78 Å². The summed E-state index contributed by atoms with van der Waals surface area (Å²) in [6.07, 6.45) is 2.05. The van der Waals surface area contributed by atoms with Crippen LogP contribution in [0.4, 0.5) is 8.78 Å². The van der Waals surface area contributed by atoms with Gasteiger partial charge in [0, 0.05) is 12.5 Å². The number of unbranched alkanes of at least 4 members (excludes halogenated alkanes) is 2. The fourth-order valence-electron chi connectivity index (χ4n) is 3.24. The zero-order valence-corrected chi connectivity index (χ0v) is 11.8. The van der Waals surface area contributed by atoms with E-state index in [-0.39, 0.29) is 18.4 Å². The van der Waals surface area contributed by atoms with Gasteiger partial charge in [-0.05, 0) is 37.2 Å². The highest BCUT2D eigenvalue weighted by atomic mass is 19.2. The first-order chi connectivity index (χ1) is 9.74. The molecule has 2 rings (SSSR count). The smallest absolute Gasteiger partial charge is 0.138 e. The number of rotatable bonds is 6. The molecule has 3 heteroatoms. The van der Waals surface area contributed by atoms with Crippen molar-refractivity contribution in [2.24, 2.45) is 5.92 Å². The number of alkyl halides is 2. The summed E-state index contributed by atoms with van der Waals surface area (Å²) in [5, 5.41) is 8.72. The minimum Gasteiger partial charge on any atom is -0.396 e. The number of aliphatic hydroxyl groups is 1. The number of benzene rings is 1. The van der Waals surface area contributed by atoms with E-state index in [0.717, 1.165) is 44.1 Å². The number of halogens is 2. The zero-order chi connectivity index (χ0) is 14.4. The van der Waals surface area contributed by atoms with Crippen LogP contribution in [-0.4, -0.2) is 24.1 Å².